The first-order valence-corrected chi connectivity index (χ1v) is 10.4. The van der Waals surface area contributed by atoms with E-state index in [1.807, 2.05) is 30.0 Å². The quantitative estimate of drug-likeness (QED) is 0.878. The third kappa shape index (κ3) is 3.89. The molecule has 1 N–H and O–H groups in total. The van der Waals surface area contributed by atoms with Crippen LogP contribution in [0, 0.1) is 6.92 Å². The molecule has 152 valence electrons. The van der Waals surface area contributed by atoms with Crippen LogP contribution in [0.2, 0.25) is 0 Å². The zero-order valence-electron chi connectivity index (χ0n) is 17.0. The lowest BCUT2D eigenvalue weighted by Crippen LogP contribution is -2.58. The lowest BCUT2D eigenvalue weighted by Gasteiger charge is -2.48. The summed E-state index contributed by atoms with van der Waals surface area (Å²) in [5, 5.41) is 4.25. The van der Waals surface area contributed by atoms with Crippen molar-refractivity contribution in [3.8, 4) is 0 Å². The lowest BCUT2D eigenvalue weighted by atomic mass is 9.87. The summed E-state index contributed by atoms with van der Waals surface area (Å²) in [6.45, 7) is 10.2. The van der Waals surface area contributed by atoms with Crippen LogP contribution in [0.5, 0.6) is 0 Å². The minimum atomic E-state index is 0.0504. The third-order valence-corrected chi connectivity index (χ3v) is 6.45. The van der Waals surface area contributed by atoms with Crippen molar-refractivity contribution in [3.63, 3.8) is 0 Å². The molecule has 2 aliphatic rings. The van der Waals surface area contributed by atoms with E-state index in [2.05, 4.69) is 23.2 Å². The Morgan fingerprint density at radius 3 is 2.61 bits per heavy atom. The Bertz CT molecular complexity index is 818. The number of para-hydroxylation sites is 1. The molecule has 0 atom stereocenters. The summed E-state index contributed by atoms with van der Waals surface area (Å²) in [5.41, 5.74) is 2.29. The van der Waals surface area contributed by atoms with Crippen LogP contribution in [-0.4, -0.2) is 67.3 Å². The molecular formula is C22H31N3O3. The van der Waals surface area contributed by atoms with E-state index in [-0.39, 0.29) is 11.6 Å². The summed E-state index contributed by atoms with van der Waals surface area (Å²) in [6, 6.07) is 8.13. The second-order valence-electron chi connectivity index (χ2n) is 8.20. The molecule has 28 heavy (non-hydrogen) atoms. The fourth-order valence-corrected chi connectivity index (χ4v) is 4.55. The Morgan fingerprint density at radius 2 is 1.86 bits per heavy atom. The van der Waals surface area contributed by atoms with Gasteiger partial charge in [-0.1, -0.05) is 18.2 Å². The average molecular weight is 386 g/mol. The summed E-state index contributed by atoms with van der Waals surface area (Å²) in [5.74, 6) is 0.940. The van der Waals surface area contributed by atoms with Gasteiger partial charge in [0.25, 0.3) is 0 Å². The first kappa shape index (κ1) is 19.3. The number of amides is 2. The normalized spacial score (nSPS) is 20.4. The summed E-state index contributed by atoms with van der Waals surface area (Å²) < 4.78 is 11.3. The van der Waals surface area contributed by atoms with Gasteiger partial charge in [-0.05, 0) is 39.2 Å². The van der Waals surface area contributed by atoms with Gasteiger partial charge < -0.3 is 19.4 Å². The lowest BCUT2D eigenvalue weighted by molar-refractivity contribution is -0.0356. The van der Waals surface area contributed by atoms with Gasteiger partial charge in [0.15, 0.2) is 0 Å². The van der Waals surface area contributed by atoms with Crippen molar-refractivity contribution in [2.24, 2.45) is 0 Å². The molecule has 6 heteroatoms. The first-order valence-electron chi connectivity index (χ1n) is 10.4. The highest BCUT2D eigenvalue weighted by molar-refractivity contribution is 5.82. The minimum Gasteiger partial charge on any atom is -0.461 e. The summed E-state index contributed by atoms with van der Waals surface area (Å²) >= 11 is 0. The fourth-order valence-electron chi connectivity index (χ4n) is 4.55. The average Bonchev–Trinajstić information content (AvgIpc) is 3.04. The molecular weight excluding hydrogens is 354 g/mol. The number of nitrogens with one attached hydrogen (secondary N) is 1. The van der Waals surface area contributed by atoms with Gasteiger partial charge >= 0.3 is 6.03 Å². The number of benzene rings is 1. The highest BCUT2D eigenvalue weighted by Crippen LogP contribution is 2.29. The number of nitrogens with zero attached hydrogens (tertiary/aromatic N) is 2. The van der Waals surface area contributed by atoms with Crippen LogP contribution in [0.4, 0.5) is 4.79 Å². The molecule has 2 saturated heterocycles. The molecule has 6 nitrogen and oxygen atoms in total. The van der Waals surface area contributed by atoms with Crippen molar-refractivity contribution in [2.45, 2.75) is 38.6 Å². The highest BCUT2D eigenvalue weighted by atomic mass is 16.5. The molecule has 2 amide bonds. The maximum atomic E-state index is 12.6. The fraction of sp³-hybridized carbons (Fsp3) is 0.591. The van der Waals surface area contributed by atoms with Gasteiger partial charge in [-0.15, -0.1) is 0 Å². The smallest absolute Gasteiger partial charge is 0.317 e. The molecule has 1 aromatic carbocycles. The summed E-state index contributed by atoms with van der Waals surface area (Å²) in [7, 11) is 0. The van der Waals surface area contributed by atoms with Crippen molar-refractivity contribution in [3.05, 3.63) is 35.6 Å². The largest absolute Gasteiger partial charge is 0.461 e. The Hall–Kier alpha value is -2.05. The molecule has 0 saturated carbocycles. The van der Waals surface area contributed by atoms with E-state index in [1.165, 1.54) is 5.56 Å². The Labute approximate surface area is 166 Å². The predicted molar refractivity (Wildman–Crippen MR) is 110 cm³/mol. The first-order chi connectivity index (χ1) is 13.6. The molecule has 0 radical (unpaired) electrons. The zero-order chi connectivity index (χ0) is 19.6. The van der Waals surface area contributed by atoms with Gasteiger partial charge in [0.1, 0.15) is 11.3 Å². The Balaban J connectivity index is 1.27. The van der Waals surface area contributed by atoms with E-state index in [4.69, 9.17) is 9.15 Å². The molecule has 2 aliphatic heterocycles. The third-order valence-electron chi connectivity index (χ3n) is 6.45. The van der Waals surface area contributed by atoms with Crippen LogP contribution in [0.25, 0.3) is 11.0 Å². The number of morpholine rings is 1. The number of hydrogen-bond acceptors (Lipinski definition) is 4. The number of furan rings is 1. The Kier molecular flexibility index (Phi) is 5.60. The van der Waals surface area contributed by atoms with Crippen LogP contribution >= 0.6 is 0 Å². The molecule has 0 aliphatic carbocycles. The number of ether oxygens (including phenoxy) is 1. The van der Waals surface area contributed by atoms with Crippen molar-refractivity contribution >= 4 is 17.0 Å². The maximum absolute atomic E-state index is 12.6. The molecule has 2 aromatic rings. The monoisotopic (exact) mass is 385 g/mol. The standard InChI is InChI=1S/C22H31N3O3/c1-17-18(19-5-3-4-6-20(19)28-17)7-10-23-21(26)24-11-8-22(2,9-12-24)25-13-15-27-16-14-25/h3-6H,7-16H2,1-2H3,(H,23,26). The topological polar surface area (TPSA) is 58.0 Å². The van der Waals surface area contributed by atoms with E-state index in [0.717, 1.165) is 75.4 Å². The van der Waals surface area contributed by atoms with Crippen molar-refractivity contribution < 1.29 is 13.9 Å². The van der Waals surface area contributed by atoms with E-state index in [0.29, 0.717) is 6.54 Å². The van der Waals surface area contributed by atoms with Gasteiger partial charge in [-0.2, -0.15) is 0 Å². The molecule has 0 spiro atoms. The molecule has 1 aromatic heterocycles. The number of carbonyl (C=O) groups is 1. The van der Waals surface area contributed by atoms with Crippen LogP contribution in [0.3, 0.4) is 0 Å². The minimum absolute atomic E-state index is 0.0504. The van der Waals surface area contributed by atoms with Gasteiger partial charge in [-0.3, -0.25) is 4.90 Å². The van der Waals surface area contributed by atoms with Crippen LogP contribution < -0.4 is 5.32 Å². The second-order valence-corrected chi connectivity index (χ2v) is 8.20. The molecule has 0 bridgehead atoms. The second kappa shape index (κ2) is 8.13. The van der Waals surface area contributed by atoms with Crippen LogP contribution in [0.1, 0.15) is 31.1 Å². The van der Waals surface area contributed by atoms with Gasteiger partial charge in [0.2, 0.25) is 0 Å². The van der Waals surface area contributed by atoms with Gasteiger partial charge in [0, 0.05) is 49.2 Å². The zero-order valence-corrected chi connectivity index (χ0v) is 17.0. The molecule has 0 unspecified atom stereocenters. The van der Waals surface area contributed by atoms with Gasteiger partial charge in [0.05, 0.1) is 13.2 Å². The number of carbonyl (C=O) groups excluding carboxylic acids is 1. The van der Waals surface area contributed by atoms with E-state index in [9.17, 15) is 4.79 Å². The number of likely N-dealkylation sites (tertiary alicyclic amines) is 1. The van der Waals surface area contributed by atoms with Gasteiger partial charge in [-0.25, -0.2) is 4.79 Å². The SMILES string of the molecule is Cc1oc2ccccc2c1CCNC(=O)N1CCC(C)(N2CCOCC2)CC1. The van der Waals surface area contributed by atoms with Crippen molar-refractivity contribution in [1.82, 2.24) is 15.1 Å². The van der Waals surface area contributed by atoms with Crippen molar-refractivity contribution in [1.29, 1.82) is 0 Å². The number of urea groups is 1. The number of hydrogen-bond donors (Lipinski definition) is 1. The molecule has 2 fully saturated rings. The summed E-state index contributed by atoms with van der Waals surface area (Å²) in [4.78, 5) is 17.1. The number of aryl methyl sites for hydroxylation is 1. The van der Waals surface area contributed by atoms with Crippen LogP contribution in [-0.2, 0) is 11.2 Å². The van der Waals surface area contributed by atoms with E-state index in [1.54, 1.807) is 0 Å². The Morgan fingerprint density at radius 1 is 1.14 bits per heavy atom. The maximum Gasteiger partial charge on any atom is 0.317 e. The molecule has 3 heterocycles. The van der Waals surface area contributed by atoms with Crippen molar-refractivity contribution in [2.75, 3.05) is 45.9 Å². The van der Waals surface area contributed by atoms with Crippen LogP contribution in [0.15, 0.2) is 28.7 Å². The van der Waals surface area contributed by atoms with E-state index >= 15 is 0 Å². The number of rotatable bonds is 4. The number of fused-ring (bicyclic) bond motifs is 1. The molecule has 4 rings (SSSR count). The number of piperidine rings is 1. The summed E-state index contributed by atoms with van der Waals surface area (Å²) in [6.07, 6.45) is 2.83. The predicted octanol–water partition coefficient (Wildman–Crippen LogP) is 3.18. The highest BCUT2D eigenvalue weighted by Gasteiger charge is 2.37. The van der Waals surface area contributed by atoms with E-state index < -0.39 is 0 Å².